The molecule has 0 N–H and O–H groups in total. The van der Waals surface area contributed by atoms with Crippen LogP contribution in [0.1, 0.15) is 43.9 Å². The zero-order valence-electron chi connectivity index (χ0n) is 21.2. The largest absolute Gasteiger partial charge is 0.496 e. The molecule has 1 atom stereocenters. The van der Waals surface area contributed by atoms with E-state index in [9.17, 15) is 9.59 Å². The Bertz CT molecular complexity index is 1620. The zero-order chi connectivity index (χ0) is 27.2. The van der Waals surface area contributed by atoms with E-state index in [1.54, 1.807) is 49.4 Å². The smallest absolute Gasteiger partial charge is 0.338 e. The summed E-state index contributed by atoms with van der Waals surface area (Å²) in [6.45, 7) is 3.77. The van der Waals surface area contributed by atoms with Crippen molar-refractivity contribution < 1.29 is 19.0 Å². The highest BCUT2D eigenvalue weighted by Gasteiger charge is 2.36. The van der Waals surface area contributed by atoms with Crippen molar-refractivity contribution in [3.63, 3.8) is 0 Å². The molecular weight excluding hydrogens is 526 g/mol. The van der Waals surface area contributed by atoms with Crippen molar-refractivity contribution in [1.82, 2.24) is 4.57 Å². The number of para-hydroxylation sites is 1. The fourth-order valence-electron chi connectivity index (χ4n) is 4.32. The summed E-state index contributed by atoms with van der Waals surface area (Å²) >= 11 is 7.59. The van der Waals surface area contributed by atoms with Crippen molar-refractivity contribution >= 4 is 35.0 Å². The number of methoxy groups -OCH3 is 1. The van der Waals surface area contributed by atoms with Crippen LogP contribution in [0.25, 0.3) is 6.08 Å². The molecule has 8 nitrogen and oxygen atoms in total. The normalized spacial score (nSPS) is 14.9. The molecule has 196 valence electrons. The van der Waals surface area contributed by atoms with Crippen LogP contribution in [0.2, 0.25) is 5.02 Å². The predicted octanol–water partition coefficient (Wildman–Crippen LogP) is 4.14. The summed E-state index contributed by atoms with van der Waals surface area (Å²) in [5.41, 5.74) is 1.70. The van der Waals surface area contributed by atoms with E-state index in [0.29, 0.717) is 49.1 Å². The van der Waals surface area contributed by atoms with Gasteiger partial charge in [-0.05, 0) is 43.7 Å². The summed E-state index contributed by atoms with van der Waals surface area (Å²) < 4.78 is 18.5. The quantitative estimate of drug-likeness (QED) is 0.370. The first kappa shape index (κ1) is 27.2. The van der Waals surface area contributed by atoms with Gasteiger partial charge in [-0.2, -0.15) is 5.26 Å². The van der Waals surface area contributed by atoms with E-state index in [1.807, 2.05) is 19.1 Å². The molecule has 2 heterocycles. The number of halogens is 1. The lowest BCUT2D eigenvalue weighted by Gasteiger charge is -2.27. The minimum absolute atomic E-state index is 0.121. The van der Waals surface area contributed by atoms with Gasteiger partial charge in [0, 0.05) is 16.1 Å². The molecule has 0 radical (unpaired) electrons. The Labute approximate surface area is 228 Å². The molecule has 0 unspecified atom stereocenters. The van der Waals surface area contributed by atoms with Crippen LogP contribution in [-0.4, -0.2) is 30.9 Å². The molecule has 0 fully saturated rings. The van der Waals surface area contributed by atoms with Crippen molar-refractivity contribution in [2.45, 2.75) is 32.7 Å². The van der Waals surface area contributed by atoms with Gasteiger partial charge in [0.15, 0.2) is 11.4 Å². The van der Waals surface area contributed by atoms with Gasteiger partial charge >= 0.3 is 5.97 Å². The molecular formula is C28H26ClN3O5S. The number of nitrogens with zero attached hydrogens (tertiary/aromatic N) is 3. The third-order valence-corrected chi connectivity index (χ3v) is 7.09. The summed E-state index contributed by atoms with van der Waals surface area (Å²) in [5.74, 6) is 0.409. The maximum absolute atomic E-state index is 13.9. The van der Waals surface area contributed by atoms with Gasteiger partial charge in [-0.1, -0.05) is 54.5 Å². The molecule has 0 saturated carbocycles. The van der Waals surface area contributed by atoms with E-state index in [1.165, 1.54) is 23.0 Å². The number of nitriles is 1. The Hall–Kier alpha value is -3.87. The van der Waals surface area contributed by atoms with Crippen LogP contribution in [-0.2, 0) is 9.53 Å². The Morgan fingerprint density at radius 3 is 2.74 bits per heavy atom. The Balaban J connectivity index is 2.03. The van der Waals surface area contributed by atoms with Gasteiger partial charge in [-0.3, -0.25) is 9.36 Å². The van der Waals surface area contributed by atoms with Crippen LogP contribution >= 0.6 is 22.9 Å². The summed E-state index contributed by atoms with van der Waals surface area (Å²) in [5, 5.41) is 9.36. The average Bonchev–Trinajstić information content (AvgIpc) is 3.22. The van der Waals surface area contributed by atoms with E-state index in [2.05, 4.69) is 0 Å². The van der Waals surface area contributed by atoms with E-state index >= 15 is 0 Å². The molecule has 10 heteroatoms. The number of allylic oxidation sites excluding steroid dienone is 1. The topological polar surface area (TPSA) is 103 Å². The number of aromatic nitrogens is 1. The van der Waals surface area contributed by atoms with Crippen molar-refractivity contribution in [3.8, 4) is 17.6 Å². The van der Waals surface area contributed by atoms with E-state index in [0.717, 1.165) is 6.42 Å². The van der Waals surface area contributed by atoms with Crippen LogP contribution in [0, 0.1) is 11.3 Å². The average molecular weight is 552 g/mol. The highest BCUT2D eigenvalue weighted by molar-refractivity contribution is 7.07. The van der Waals surface area contributed by atoms with Gasteiger partial charge in [0.1, 0.15) is 23.6 Å². The van der Waals surface area contributed by atoms with Gasteiger partial charge in [-0.15, -0.1) is 0 Å². The third-order valence-electron chi connectivity index (χ3n) is 5.88. The summed E-state index contributed by atoms with van der Waals surface area (Å²) in [4.78, 5) is 32.5. The first-order chi connectivity index (χ1) is 18.4. The van der Waals surface area contributed by atoms with Crippen molar-refractivity contribution in [3.05, 3.63) is 89.6 Å². The number of rotatable bonds is 9. The van der Waals surface area contributed by atoms with Crippen molar-refractivity contribution in [2.24, 2.45) is 4.99 Å². The van der Waals surface area contributed by atoms with Gasteiger partial charge < -0.3 is 14.2 Å². The third kappa shape index (κ3) is 5.37. The lowest BCUT2D eigenvalue weighted by atomic mass is 9.93. The fraction of sp³-hybridized carbons (Fsp3) is 0.286. The van der Waals surface area contributed by atoms with Gasteiger partial charge in [0.05, 0.1) is 29.5 Å². The number of hydrogen-bond donors (Lipinski definition) is 0. The zero-order valence-corrected chi connectivity index (χ0v) is 22.8. The minimum atomic E-state index is -0.854. The van der Waals surface area contributed by atoms with Gasteiger partial charge in [0.2, 0.25) is 0 Å². The maximum Gasteiger partial charge on any atom is 0.338 e. The lowest BCUT2D eigenvalue weighted by Crippen LogP contribution is -2.40. The highest BCUT2D eigenvalue weighted by Crippen LogP contribution is 2.38. The number of carbonyl (C=O) groups is 1. The monoisotopic (exact) mass is 551 g/mol. The number of hydrogen-bond acceptors (Lipinski definition) is 8. The summed E-state index contributed by atoms with van der Waals surface area (Å²) in [6.07, 6.45) is 2.96. The Morgan fingerprint density at radius 2 is 2.03 bits per heavy atom. The molecule has 0 amide bonds. The highest BCUT2D eigenvalue weighted by atomic mass is 35.5. The Morgan fingerprint density at radius 1 is 1.24 bits per heavy atom. The van der Waals surface area contributed by atoms with Crippen LogP contribution in [0.15, 0.2) is 63.5 Å². The molecule has 3 aromatic rings. The van der Waals surface area contributed by atoms with Crippen LogP contribution in [0.4, 0.5) is 0 Å². The first-order valence-electron chi connectivity index (χ1n) is 12.1. The molecule has 4 rings (SSSR count). The fourth-order valence-corrected chi connectivity index (χ4v) is 5.51. The molecule has 1 aliphatic rings. The standard InChI is InChI=1S/C28H26ClN3O5S/c1-4-8-20-24(27(34)36-5-2)25(19-16-18(29)11-12-22(19)35-3)32-26(33)23(38-28(32)31-20)15-17-9-6-7-10-21(17)37-14-13-30/h6-7,9-12,15-16,25H,4-5,8,14H2,1-3H3/b23-15+/t25-/m1/s1. The van der Waals surface area contributed by atoms with E-state index < -0.39 is 12.0 Å². The Kier molecular flexibility index (Phi) is 8.66. The number of thiazole rings is 1. The molecule has 2 aromatic carbocycles. The van der Waals surface area contributed by atoms with E-state index in [4.69, 9.17) is 36.1 Å². The van der Waals surface area contributed by atoms with Crippen molar-refractivity contribution in [1.29, 1.82) is 5.26 Å². The number of ether oxygens (including phenoxy) is 3. The molecule has 1 aliphatic heterocycles. The molecule has 0 saturated heterocycles. The minimum Gasteiger partial charge on any atom is -0.496 e. The molecule has 0 spiro atoms. The van der Waals surface area contributed by atoms with E-state index in [-0.39, 0.29) is 24.3 Å². The van der Waals surface area contributed by atoms with Crippen molar-refractivity contribution in [2.75, 3.05) is 20.3 Å². The van der Waals surface area contributed by atoms with Gasteiger partial charge in [0.25, 0.3) is 5.56 Å². The first-order valence-corrected chi connectivity index (χ1v) is 13.3. The van der Waals surface area contributed by atoms with Crippen LogP contribution < -0.4 is 24.4 Å². The SMILES string of the molecule is CCCC1=C(C(=O)OCC)[C@@H](c2cc(Cl)ccc2OC)n2c(s/c(=C/c3ccccc3OCC#N)c2=O)=N1. The summed E-state index contributed by atoms with van der Waals surface area (Å²) in [7, 11) is 1.52. The molecule has 38 heavy (non-hydrogen) atoms. The second-order valence-electron chi connectivity index (χ2n) is 8.28. The number of benzene rings is 2. The van der Waals surface area contributed by atoms with Crippen LogP contribution in [0.5, 0.6) is 11.5 Å². The second-order valence-corrected chi connectivity index (χ2v) is 9.73. The van der Waals surface area contributed by atoms with Gasteiger partial charge in [-0.25, -0.2) is 9.79 Å². The predicted molar refractivity (Wildman–Crippen MR) is 145 cm³/mol. The molecule has 0 bridgehead atoms. The lowest BCUT2D eigenvalue weighted by molar-refractivity contribution is -0.139. The number of fused-ring (bicyclic) bond motifs is 1. The molecule has 1 aromatic heterocycles. The second kappa shape index (κ2) is 12.1. The number of carbonyl (C=O) groups excluding carboxylic acids is 1. The summed E-state index contributed by atoms with van der Waals surface area (Å²) in [6, 6.07) is 13.3. The number of esters is 1. The maximum atomic E-state index is 13.9. The van der Waals surface area contributed by atoms with Crippen LogP contribution in [0.3, 0.4) is 0 Å². The molecule has 0 aliphatic carbocycles.